The van der Waals surface area contributed by atoms with Gasteiger partial charge in [-0.2, -0.15) is 0 Å². The minimum atomic E-state index is -0.607. The van der Waals surface area contributed by atoms with Gasteiger partial charge in [-0.05, 0) is 17.7 Å². The van der Waals surface area contributed by atoms with E-state index in [2.05, 4.69) is 0 Å². The second-order valence-electron chi connectivity index (χ2n) is 4.28. The molecule has 1 N–H and O–H groups in total. The fourth-order valence-electron chi connectivity index (χ4n) is 1.84. The summed E-state index contributed by atoms with van der Waals surface area (Å²) in [6.07, 6.45) is 2.24. The first-order chi connectivity index (χ1) is 9.92. The van der Waals surface area contributed by atoms with Crippen LogP contribution in [-0.2, 0) is 19.1 Å². The van der Waals surface area contributed by atoms with Gasteiger partial charge in [0.1, 0.15) is 0 Å². The van der Waals surface area contributed by atoms with E-state index in [1.54, 1.807) is 0 Å². The molecule has 1 aliphatic rings. The van der Waals surface area contributed by atoms with Crippen LogP contribution >= 0.6 is 0 Å². The summed E-state index contributed by atoms with van der Waals surface area (Å²) < 4.78 is 9.62. The van der Waals surface area contributed by atoms with Crippen molar-refractivity contribution in [2.24, 2.45) is 0 Å². The highest BCUT2D eigenvalue weighted by Crippen LogP contribution is 2.31. The molecule has 108 valence electrons. The molecule has 0 bridgehead atoms. The second-order valence-corrected chi connectivity index (χ2v) is 4.28. The Morgan fingerprint density at radius 1 is 1.14 bits per heavy atom. The van der Waals surface area contributed by atoms with Crippen LogP contribution in [0.2, 0.25) is 0 Å². The first-order valence-electron chi connectivity index (χ1n) is 6.00. The lowest BCUT2D eigenvalue weighted by Gasteiger charge is -2.12. The van der Waals surface area contributed by atoms with E-state index in [4.69, 9.17) is 9.47 Å². The molecule has 0 radical (unpaired) electrons. The molecule has 2 rings (SSSR count). The smallest absolute Gasteiger partial charge is 0.308 e. The molecule has 21 heavy (non-hydrogen) atoms. The molecule has 6 heteroatoms. The van der Waals surface area contributed by atoms with Gasteiger partial charge in [0, 0.05) is 24.6 Å². The Bertz CT molecular complexity index is 696. The number of aromatic hydroxyl groups is 1. The van der Waals surface area contributed by atoms with Crippen LogP contribution in [0.4, 0.5) is 0 Å². The maximum Gasteiger partial charge on any atom is 0.308 e. The number of hydrogen-bond acceptors (Lipinski definition) is 6. The number of hydrogen-bond donors (Lipinski definition) is 1. The molecule has 0 saturated heterocycles. The minimum absolute atomic E-state index is 0.0391. The third-order valence-electron chi connectivity index (χ3n) is 2.79. The molecule has 0 aliphatic heterocycles. The molecule has 1 aromatic carbocycles. The second kappa shape index (κ2) is 5.62. The number of benzene rings is 1. The zero-order chi connectivity index (χ0) is 15.6. The SMILES string of the molecule is COC1=CC(=O)C(c2ccc(O)c(OC(C)=O)c2)=CC1=O. The predicted octanol–water partition coefficient (Wildman–Crippen LogP) is 1.38. The van der Waals surface area contributed by atoms with E-state index in [0.29, 0.717) is 5.56 Å². The number of ketones is 2. The van der Waals surface area contributed by atoms with Gasteiger partial charge in [-0.1, -0.05) is 6.07 Å². The van der Waals surface area contributed by atoms with Crippen LogP contribution in [0.3, 0.4) is 0 Å². The molecule has 0 atom stereocenters. The van der Waals surface area contributed by atoms with Crippen molar-refractivity contribution in [2.75, 3.05) is 7.11 Å². The fourth-order valence-corrected chi connectivity index (χ4v) is 1.84. The van der Waals surface area contributed by atoms with Crippen molar-refractivity contribution in [3.63, 3.8) is 0 Å². The minimum Gasteiger partial charge on any atom is -0.504 e. The van der Waals surface area contributed by atoms with E-state index in [1.165, 1.54) is 32.2 Å². The van der Waals surface area contributed by atoms with Crippen LogP contribution in [0.5, 0.6) is 11.5 Å². The van der Waals surface area contributed by atoms with Crippen molar-refractivity contribution < 1.29 is 29.0 Å². The van der Waals surface area contributed by atoms with Gasteiger partial charge in [0.05, 0.1) is 7.11 Å². The summed E-state index contributed by atoms with van der Waals surface area (Å²) in [5, 5.41) is 9.60. The average molecular weight is 288 g/mol. The molecule has 0 saturated carbocycles. The Morgan fingerprint density at radius 3 is 2.48 bits per heavy atom. The number of carbonyl (C=O) groups excluding carboxylic acids is 3. The highest BCUT2D eigenvalue weighted by Gasteiger charge is 2.22. The first kappa shape index (κ1) is 14.5. The van der Waals surface area contributed by atoms with Crippen LogP contribution in [-0.4, -0.2) is 29.8 Å². The maximum atomic E-state index is 12.0. The lowest BCUT2D eigenvalue weighted by Crippen LogP contribution is -2.13. The highest BCUT2D eigenvalue weighted by molar-refractivity contribution is 6.34. The summed E-state index contributed by atoms with van der Waals surface area (Å²) in [7, 11) is 1.30. The van der Waals surface area contributed by atoms with Gasteiger partial charge in [-0.25, -0.2) is 0 Å². The quantitative estimate of drug-likeness (QED) is 0.513. The van der Waals surface area contributed by atoms with Crippen molar-refractivity contribution in [3.05, 3.63) is 41.7 Å². The van der Waals surface area contributed by atoms with Crippen molar-refractivity contribution in [2.45, 2.75) is 6.92 Å². The molecule has 0 aromatic heterocycles. The van der Waals surface area contributed by atoms with Crippen LogP contribution < -0.4 is 4.74 Å². The average Bonchev–Trinajstić information content (AvgIpc) is 2.43. The fraction of sp³-hybridized carbons (Fsp3) is 0.133. The van der Waals surface area contributed by atoms with E-state index in [1.807, 2.05) is 0 Å². The number of ether oxygens (including phenoxy) is 2. The molecule has 1 aliphatic carbocycles. The third kappa shape index (κ3) is 3.00. The molecule has 0 amide bonds. The monoisotopic (exact) mass is 288 g/mol. The zero-order valence-electron chi connectivity index (χ0n) is 11.4. The molecule has 6 nitrogen and oxygen atoms in total. The van der Waals surface area contributed by atoms with Crippen LogP contribution in [0, 0.1) is 0 Å². The van der Waals surface area contributed by atoms with Crippen LogP contribution in [0.25, 0.3) is 5.57 Å². The topological polar surface area (TPSA) is 89.9 Å². The van der Waals surface area contributed by atoms with Gasteiger partial charge in [-0.3, -0.25) is 14.4 Å². The van der Waals surface area contributed by atoms with E-state index >= 15 is 0 Å². The summed E-state index contributed by atoms with van der Waals surface area (Å²) in [4.78, 5) is 34.7. The number of allylic oxidation sites excluding steroid dienone is 3. The molecular weight excluding hydrogens is 276 g/mol. The standard InChI is InChI=1S/C15H12O6/c1-8(16)21-15-5-9(3-4-11(15)17)10-6-13(19)14(20-2)7-12(10)18/h3-7,17H,1-2H3. The summed E-state index contributed by atoms with van der Waals surface area (Å²) in [5.41, 5.74) is 0.489. The maximum absolute atomic E-state index is 12.0. The Hall–Kier alpha value is -2.89. The Labute approximate surface area is 120 Å². The number of esters is 1. The van der Waals surface area contributed by atoms with E-state index in [0.717, 1.165) is 12.2 Å². The Morgan fingerprint density at radius 2 is 1.86 bits per heavy atom. The van der Waals surface area contributed by atoms with Crippen LogP contribution in [0.1, 0.15) is 12.5 Å². The number of carbonyl (C=O) groups is 3. The molecular formula is C15H12O6. The zero-order valence-corrected chi connectivity index (χ0v) is 11.4. The van der Waals surface area contributed by atoms with Crippen molar-refractivity contribution in [1.82, 2.24) is 0 Å². The molecule has 0 heterocycles. The van der Waals surface area contributed by atoms with E-state index in [-0.39, 0.29) is 22.8 Å². The van der Waals surface area contributed by atoms with Gasteiger partial charge in [0.15, 0.2) is 23.0 Å². The summed E-state index contributed by atoms with van der Waals surface area (Å²) in [6, 6.07) is 4.05. The van der Waals surface area contributed by atoms with Gasteiger partial charge in [-0.15, -0.1) is 0 Å². The van der Waals surface area contributed by atoms with Gasteiger partial charge < -0.3 is 14.6 Å². The first-order valence-corrected chi connectivity index (χ1v) is 6.00. The number of methoxy groups -OCH3 is 1. The van der Waals surface area contributed by atoms with Gasteiger partial charge >= 0.3 is 5.97 Å². The molecule has 0 spiro atoms. The van der Waals surface area contributed by atoms with E-state index in [9.17, 15) is 19.5 Å². The normalized spacial score (nSPS) is 14.4. The molecule has 0 fully saturated rings. The number of rotatable bonds is 3. The van der Waals surface area contributed by atoms with Crippen molar-refractivity contribution in [1.29, 1.82) is 0 Å². The predicted molar refractivity (Wildman–Crippen MR) is 72.5 cm³/mol. The van der Waals surface area contributed by atoms with Crippen LogP contribution in [0.15, 0.2) is 36.1 Å². The summed E-state index contributed by atoms with van der Waals surface area (Å²) >= 11 is 0. The number of phenolic OH excluding ortho intramolecular Hbond substituents is 1. The highest BCUT2D eigenvalue weighted by atomic mass is 16.5. The lowest BCUT2D eigenvalue weighted by atomic mass is 9.95. The van der Waals surface area contributed by atoms with Crippen molar-refractivity contribution >= 4 is 23.1 Å². The summed E-state index contributed by atoms with van der Waals surface area (Å²) in [6.45, 7) is 1.19. The summed E-state index contributed by atoms with van der Waals surface area (Å²) in [5.74, 6) is -1.81. The van der Waals surface area contributed by atoms with Crippen molar-refractivity contribution in [3.8, 4) is 11.5 Å². The largest absolute Gasteiger partial charge is 0.504 e. The van der Waals surface area contributed by atoms with Gasteiger partial charge in [0.25, 0.3) is 0 Å². The third-order valence-corrected chi connectivity index (χ3v) is 2.79. The Balaban J connectivity index is 2.41. The Kier molecular flexibility index (Phi) is 3.89. The van der Waals surface area contributed by atoms with E-state index < -0.39 is 17.5 Å². The number of phenols is 1. The lowest BCUT2D eigenvalue weighted by molar-refractivity contribution is -0.132. The molecule has 1 aromatic rings. The molecule has 0 unspecified atom stereocenters. The van der Waals surface area contributed by atoms with Gasteiger partial charge in [0.2, 0.25) is 5.78 Å².